The van der Waals surface area contributed by atoms with Crippen LogP contribution in [0.3, 0.4) is 0 Å². The van der Waals surface area contributed by atoms with Crippen LogP contribution in [-0.2, 0) is 11.8 Å². The molecule has 1 aliphatic rings. The van der Waals surface area contributed by atoms with Crippen LogP contribution in [0.4, 0.5) is 0 Å². The molecule has 2 rings (SSSR count). The van der Waals surface area contributed by atoms with Gasteiger partial charge in [-0.05, 0) is 62.3 Å². The van der Waals surface area contributed by atoms with E-state index in [2.05, 4.69) is 37.9 Å². The molecule has 3 nitrogen and oxygen atoms in total. The Balaban J connectivity index is 2.38. The van der Waals surface area contributed by atoms with Crippen LogP contribution in [0.2, 0.25) is 0 Å². The van der Waals surface area contributed by atoms with Crippen molar-refractivity contribution < 1.29 is 0 Å². The number of aliphatic imine (C=N–C) groups is 1. The Morgan fingerprint density at radius 3 is 2.90 bits per heavy atom. The highest BCUT2D eigenvalue weighted by molar-refractivity contribution is 5.53. The first kappa shape index (κ1) is 16.2. The number of nitrogens with zero attached hydrogens (tertiary/aromatic N) is 2. The zero-order chi connectivity index (χ0) is 15.5. The van der Waals surface area contributed by atoms with E-state index < -0.39 is 0 Å². The third kappa shape index (κ3) is 2.89. The minimum absolute atomic E-state index is 0.123. The minimum atomic E-state index is -0.123. The van der Waals surface area contributed by atoms with Crippen LogP contribution in [0, 0.1) is 11.8 Å². The molecule has 4 atom stereocenters. The van der Waals surface area contributed by atoms with E-state index in [1.54, 1.807) is 0 Å². The van der Waals surface area contributed by atoms with Crippen molar-refractivity contribution in [3.8, 4) is 0 Å². The Kier molecular flexibility index (Phi) is 5.15. The van der Waals surface area contributed by atoms with Gasteiger partial charge in [0.05, 0.1) is 6.17 Å². The van der Waals surface area contributed by atoms with E-state index in [1.807, 2.05) is 19.3 Å². The molecule has 1 aliphatic carbocycles. The lowest BCUT2D eigenvalue weighted by Gasteiger charge is -2.45. The average Bonchev–Trinajstić information content (AvgIpc) is 2.53. The van der Waals surface area contributed by atoms with Crippen LogP contribution in [0.5, 0.6) is 0 Å². The van der Waals surface area contributed by atoms with Crippen LogP contribution < -0.4 is 5.73 Å². The minimum Gasteiger partial charge on any atom is -0.310 e. The van der Waals surface area contributed by atoms with Crippen molar-refractivity contribution in [3.63, 3.8) is 0 Å². The quantitative estimate of drug-likeness (QED) is 0.839. The van der Waals surface area contributed by atoms with Crippen molar-refractivity contribution in [3.05, 3.63) is 29.6 Å². The number of nitrogens with two attached hydrogens (primary N) is 1. The first-order valence-corrected chi connectivity index (χ1v) is 8.24. The van der Waals surface area contributed by atoms with Crippen molar-refractivity contribution in [2.75, 3.05) is 0 Å². The van der Waals surface area contributed by atoms with Crippen molar-refractivity contribution in [1.82, 2.24) is 4.98 Å². The van der Waals surface area contributed by atoms with Gasteiger partial charge in [0.25, 0.3) is 0 Å². The second-order valence-corrected chi connectivity index (χ2v) is 6.42. The highest BCUT2D eigenvalue weighted by Gasteiger charge is 2.43. The number of rotatable bonds is 5. The van der Waals surface area contributed by atoms with Gasteiger partial charge in [-0.2, -0.15) is 0 Å². The third-order valence-electron chi connectivity index (χ3n) is 5.58. The molecule has 0 amide bonds. The summed E-state index contributed by atoms with van der Waals surface area (Å²) in [5, 5.41) is 0. The summed E-state index contributed by atoms with van der Waals surface area (Å²) in [6.07, 6.45) is 8.37. The van der Waals surface area contributed by atoms with Gasteiger partial charge in [0.15, 0.2) is 0 Å². The maximum atomic E-state index is 6.25. The van der Waals surface area contributed by atoms with Crippen LogP contribution in [-0.4, -0.2) is 17.4 Å². The smallest absolute Gasteiger partial charge is 0.0993 e. The maximum Gasteiger partial charge on any atom is 0.0993 e. The van der Waals surface area contributed by atoms with Crippen molar-refractivity contribution >= 4 is 6.21 Å². The largest absolute Gasteiger partial charge is 0.310 e. The van der Waals surface area contributed by atoms with Gasteiger partial charge in [-0.1, -0.05) is 26.8 Å². The van der Waals surface area contributed by atoms with Crippen LogP contribution in [0.15, 0.2) is 23.3 Å². The Hall–Kier alpha value is -1.22. The highest BCUT2D eigenvalue weighted by atomic mass is 14.9. The van der Waals surface area contributed by atoms with E-state index in [9.17, 15) is 0 Å². The van der Waals surface area contributed by atoms with Gasteiger partial charge in [0, 0.05) is 17.3 Å². The predicted octanol–water partition coefficient (Wildman–Crippen LogP) is 3.71. The Morgan fingerprint density at radius 1 is 1.48 bits per heavy atom. The monoisotopic (exact) mass is 287 g/mol. The fourth-order valence-corrected chi connectivity index (χ4v) is 4.02. The van der Waals surface area contributed by atoms with E-state index in [0.29, 0.717) is 11.8 Å². The molecule has 116 valence electrons. The lowest BCUT2D eigenvalue weighted by atomic mass is 9.60. The molecule has 0 aromatic carbocycles. The first-order chi connectivity index (χ1) is 10.1. The standard InChI is InChI=1S/C18H29N3/c1-5-18(14(4)13(3)17(19)20-6-2)11-7-9-15-10-8-12-21-16(15)18/h6,8,10,12-14,17H,5,7,9,11,19H2,1-4H3/b20-6-. The van der Waals surface area contributed by atoms with E-state index in [4.69, 9.17) is 10.7 Å². The van der Waals surface area contributed by atoms with Crippen LogP contribution in [0.1, 0.15) is 58.2 Å². The van der Waals surface area contributed by atoms with E-state index >= 15 is 0 Å². The molecule has 3 heteroatoms. The molecule has 1 aromatic heterocycles. The fraction of sp³-hybridized carbons (Fsp3) is 0.667. The van der Waals surface area contributed by atoms with Gasteiger partial charge in [-0.25, -0.2) is 0 Å². The number of hydrogen-bond donors (Lipinski definition) is 1. The lowest BCUT2D eigenvalue weighted by Crippen LogP contribution is -2.45. The molecule has 0 saturated heterocycles. The predicted molar refractivity (Wildman–Crippen MR) is 89.6 cm³/mol. The number of pyridine rings is 1. The SMILES string of the molecule is C/C=N\C(N)C(C)C(C)C1(CC)CCCc2cccnc21. The highest BCUT2D eigenvalue weighted by Crippen LogP contribution is 2.47. The summed E-state index contributed by atoms with van der Waals surface area (Å²) in [6.45, 7) is 8.80. The average molecular weight is 287 g/mol. The van der Waals surface area contributed by atoms with Crippen molar-refractivity contribution in [1.29, 1.82) is 0 Å². The Morgan fingerprint density at radius 2 is 2.24 bits per heavy atom. The summed E-state index contributed by atoms with van der Waals surface area (Å²) < 4.78 is 0. The van der Waals surface area contributed by atoms with Crippen molar-refractivity contribution in [2.24, 2.45) is 22.6 Å². The van der Waals surface area contributed by atoms with E-state index in [-0.39, 0.29) is 11.6 Å². The molecule has 0 bridgehead atoms. The summed E-state index contributed by atoms with van der Waals surface area (Å²) in [7, 11) is 0. The number of aryl methyl sites for hydroxylation is 1. The number of fused-ring (bicyclic) bond motifs is 1. The van der Waals surface area contributed by atoms with Crippen molar-refractivity contribution in [2.45, 2.75) is 65.0 Å². The van der Waals surface area contributed by atoms with Gasteiger partial charge in [0.1, 0.15) is 0 Å². The summed E-state index contributed by atoms with van der Waals surface area (Å²) in [5.41, 5.74) is 9.14. The molecule has 2 N–H and O–H groups in total. The van der Waals surface area contributed by atoms with Gasteiger partial charge in [-0.3, -0.25) is 9.98 Å². The zero-order valence-corrected chi connectivity index (χ0v) is 13.8. The molecule has 21 heavy (non-hydrogen) atoms. The number of hydrogen-bond acceptors (Lipinski definition) is 3. The van der Waals surface area contributed by atoms with Gasteiger partial charge >= 0.3 is 0 Å². The summed E-state index contributed by atoms with van der Waals surface area (Å²) in [5.74, 6) is 0.809. The summed E-state index contributed by atoms with van der Waals surface area (Å²) in [6, 6.07) is 4.30. The Bertz CT molecular complexity index is 497. The third-order valence-corrected chi connectivity index (χ3v) is 5.58. The molecule has 0 fully saturated rings. The maximum absolute atomic E-state index is 6.25. The van der Waals surface area contributed by atoms with Gasteiger partial charge in [0.2, 0.25) is 0 Å². The second kappa shape index (κ2) is 6.69. The first-order valence-electron chi connectivity index (χ1n) is 8.24. The van der Waals surface area contributed by atoms with Gasteiger partial charge < -0.3 is 5.73 Å². The molecular weight excluding hydrogens is 258 g/mol. The normalized spacial score (nSPS) is 26.3. The number of aromatic nitrogens is 1. The molecule has 1 aromatic rings. The molecular formula is C18H29N3. The molecule has 0 radical (unpaired) electrons. The van der Waals surface area contributed by atoms with E-state index in [0.717, 1.165) is 12.8 Å². The fourth-order valence-electron chi connectivity index (χ4n) is 4.02. The summed E-state index contributed by atoms with van der Waals surface area (Å²) >= 11 is 0. The topological polar surface area (TPSA) is 51.3 Å². The van der Waals surface area contributed by atoms with Crippen LogP contribution >= 0.6 is 0 Å². The molecule has 0 spiro atoms. The molecule has 0 aliphatic heterocycles. The Labute approximate surface area is 129 Å². The van der Waals surface area contributed by atoms with Gasteiger partial charge in [-0.15, -0.1) is 0 Å². The lowest BCUT2D eigenvalue weighted by molar-refractivity contribution is 0.155. The molecule has 0 saturated carbocycles. The molecule has 4 unspecified atom stereocenters. The molecule has 1 heterocycles. The van der Waals surface area contributed by atoms with Crippen LogP contribution in [0.25, 0.3) is 0 Å². The second-order valence-electron chi connectivity index (χ2n) is 6.42. The summed E-state index contributed by atoms with van der Waals surface area (Å²) in [4.78, 5) is 9.17. The zero-order valence-electron chi connectivity index (χ0n) is 13.8. The van der Waals surface area contributed by atoms with E-state index in [1.165, 1.54) is 24.1 Å².